The van der Waals surface area contributed by atoms with E-state index in [1.807, 2.05) is 12.1 Å². The normalized spacial score (nSPS) is 10.3. The summed E-state index contributed by atoms with van der Waals surface area (Å²) >= 11 is 0. The molecule has 0 amide bonds. The van der Waals surface area contributed by atoms with Gasteiger partial charge in [0.05, 0.1) is 6.61 Å². The lowest BCUT2D eigenvalue weighted by atomic mass is 10.2. The quantitative estimate of drug-likeness (QED) is 0.698. The van der Waals surface area contributed by atoms with Crippen LogP contribution in [0.25, 0.3) is 0 Å². The molecule has 1 N–H and O–H groups in total. The van der Waals surface area contributed by atoms with Crippen molar-refractivity contribution in [2.24, 2.45) is 0 Å². The molecule has 0 saturated heterocycles. The predicted molar refractivity (Wildman–Crippen MR) is 62.0 cm³/mol. The number of hydrogen-bond donors (Lipinski definition) is 1. The highest BCUT2D eigenvalue weighted by atomic mass is 16.5. The van der Waals surface area contributed by atoms with Gasteiger partial charge < -0.3 is 10.1 Å². The molecule has 1 rings (SSSR count). The van der Waals surface area contributed by atoms with Gasteiger partial charge in [0.2, 0.25) is 5.88 Å². The summed E-state index contributed by atoms with van der Waals surface area (Å²) in [5, 5.41) is 3.28. The maximum absolute atomic E-state index is 5.53. The van der Waals surface area contributed by atoms with E-state index in [2.05, 4.69) is 24.1 Å². The van der Waals surface area contributed by atoms with E-state index in [1.54, 1.807) is 6.20 Å². The lowest BCUT2D eigenvalue weighted by molar-refractivity contribution is 0.297. The first kappa shape index (κ1) is 12.0. The molecule has 0 fully saturated rings. The first-order valence-corrected chi connectivity index (χ1v) is 5.65. The van der Waals surface area contributed by atoms with E-state index in [0.29, 0.717) is 0 Å². The maximum Gasteiger partial charge on any atom is 0.213 e. The van der Waals surface area contributed by atoms with E-state index in [1.165, 1.54) is 5.56 Å². The van der Waals surface area contributed by atoms with Crippen LogP contribution >= 0.6 is 0 Å². The van der Waals surface area contributed by atoms with Crippen LogP contribution in [0, 0.1) is 0 Å². The highest BCUT2D eigenvalue weighted by molar-refractivity contribution is 5.20. The van der Waals surface area contributed by atoms with Crippen LogP contribution in [0.15, 0.2) is 18.3 Å². The van der Waals surface area contributed by atoms with E-state index in [4.69, 9.17) is 4.74 Å². The van der Waals surface area contributed by atoms with Crippen molar-refractivity contribution in [3.8, 4) is 5.88 Å². The number of pyridine rings is 1. The highest BCUT2D eigenvalue weighted by Crippen LogP contribution is 2.09. The van der Waals surface area contributed by atoms with Crippen molar-refractivity contribution in [1.82, 2.24) is 10.3 Å². The molecular formula is C12H20N2O. The first-order chi connectivity index (χ1) is 7.36. The molecule has 0 atom stereocenters. The van der Waals surface area contributed by atoms with Gasteiger partial charge in [-0.05, 0) is 24.6 Å². The van der Waals surface area contributed by atoms with E-state index < -0.39 is 0 Å². The molecule has 0 aliphatic rings. The minimum Gasteiger partial charge on any atom is -0.478 e. The molecule has 0 spiro atoms. The number of nitrogens with zero attached hydrogens (tertiary/aromatic N) is 1. The van der Waals surface area contributed by atoms with Crippen LogP contribution in [0.2, 0.25) is 0 Å². The van der Waals surface area contributed by atoms with E-state index >= 15 is 0 Å². The van der Waals surface area contributed by atoms with E-state index in [0.717, 1.165) is 38.4 Å². The van der Waals surface area contributed by atoms with Crippen LogP contribution in [0.1, 0.15) is 32.3 Å². The van der Waals surface area contributed by atoms with Crippen molar-refractivity contribution >= 4 is 0 Å². The van der Waals surface area contributed by atoms with Gasteiger partial charge in [0.1, 0.15) is 0 Å². The summed E-state index contributed by atoms with van der Waals surface area (Å²) in [6, 6.07) is 4.01. The first-order valence-electron chi connectivity index (χ1n) is 5.65. The topological polar surface area (TPSA) is 34.1 Å². The van der Waals surface area contributed by atoms with Gasteiger partial charge in [-0.1, -0.05) is 20.3 Å². The Labute approximate surface area is 91.9 Å². The van der Waals surface area contributed by atoms with Gasteiger partial charge in [0, 0.05) is 18.8 Å². The molecule has 0 saturated carbocycles. The van der Waals surface area contributed by atoms with E-state index in [-0.39, 0.29) is 0 Å². The van der Waals surface area contributed by atoms with Gasteiger partial charge in [0.15, 0.2) is 0 Å². The van der Waals surface area contributed by atoms with Gasteiger partial charge in [-0.3, -0.25) is 0 Å². The number of rotatable bonds is 7. The number of ether oxygens (including phenoxy) is 1. The van der Waals surface area contributed by atoms with Gasteiger partial charge in [-0.15, -0.1) is 0 Å². The molecule has 1 aromatic heterocycles. The fourth-order valence-corrected chi connectivity index (χ4v) is 1.23. The lowest BCUT2D eigenvalue weighted by Crippen LogP contribution is -2.11. The molecule has 15 heavy (non-hydrogen) atoms. The minimum atomic E-state index is 0.735. The zero-order valence-electron chi connectivity index (χ0n) is 9.62. The summed E-state index contributed by atoms with van der Waals surface area (Å²) in [7, 11) is 0. The Morgan fingerprint density at radius 3 is 3.00 bits per heavy atom. The third-order valence-electron chi connectivity index (χ3n) is 2.13. The van der Waals surface area contributed by atoms with Crippen LogP contribution in [-0.2, 0) is 6.54 Å². The second-order valence-electron chi connectivity index (χ2n) is 3.48. The monoisotopic (exact) mass is 208 g/mol. The van der Waals surface area contributed by atoms with Crippen molar-refractivity contribution in [1.29, 1.82) is 0 Å². The number of aromatic nitrogens is 1. The van der Waals surface area contributed by atoms with Crippen LogP contribution in [0.4, 0.5) is 0 Å². The summed E-state index contributed by atoms with van der Waals surface area (Å²) in [4.78, 5) is 4.17. The Balaban J connectivity index is 2.42. The molecule has 1 heterocycles. The second kappa shape index (κ2) is 7.23. The third kappa shape index (κ3) is 4.79. The van der Waals surface area contributed by atoms with Crippen LogP contribution in [0.5, 0.6) is 5.88 Å². The predicted octanol–water partition coefficient (Wildman–Crippen LogP) is 2.37. The Morgan fingerprint density at radius 2 is 2.27 bits per heavy atom. The fourth-order valence-electron chi connectivity index (χ4n) is 1.23. The van der Waals surface area contributed by atoms with Crippen molar-refractivity contribution < 1.29 is 4.74 Å². The van der Waals surface area contributed by atoms with Crippen molar-refractivity contribution in [3.63, 3.8) is 0 Å². The summed E-state index contributed by atoms with van der Waals surface area (Å²) < 4.78 is 5.53. The van der Waals surface area contributed by atoms with Crippen molar-refractivity contribution in [2.75, 3.05) is 13.2 Å². The molecular weight excluding hydrogens is 188 g/mol. The SMILES string of the molecule is CCCCOc1cc(CNCC)ccn1. The molecule has 0 aliphatic carbocycles. The molecule has 0 unspecified atom stereocenters. The Kier molecular flexibility index (Phi) is 5.78. The number of unbranched alkanes of at least 4 members (excludes halogenated alkanes) is 1. The third-order valence-corrected chi connectivity index (χ3v) is 2.13. The Bertz CT molecular complexity index is 276. The molecule has 0 aliphatic heterocycles. The molecule has 0 radical (unpaired) electrons. The molecule has 0 bridgehead atoms. The summed E-state index contributed by atoms with van der Waals surface area (Å²) in [5.41, 5.74) is 1.22. The Morgan fingerprint density at radius 1 is 1.40 bits per heavy atom. The smallest absolute Gasteiger partial charge is 0.213 e. The summed E-state index contributed by atoms with van der Waals surface area (Å²) in [5.74, 6) is 0.735. The van der Waals surface area contributed by atoms with Gasteiger partial charge in [-0.25, -0.2) is 4.98 Å². The maximum atomic E-state index is 5.53. The zero-order valence-corrected chi connectivity index (χ0v) is 9.62. The molecule has 1 aromatic rings. The largest absolute Gasteiger partial charge is 0.478 e. The molecule has 3 nitrogen and oxygen atoms in total. The van der Waals surface area contributed by atoms with Crippen LogP contribution in [0.3, 0.4) is 0 Å². The molecule has 84 valence electrons. The lowest BCUT2D eigenvalue weighted by Gasteiger charge is -2.06. The zero-order chi connectivity index (χ0) is 10.9. The number of hydrogen-bond acceptors (Lipinski definition) is 3. The van der Waals surface area contributed by atoms with Crippen LogP contribution in [-0.4, -0.2) is 18.1 Å². The van der Waals surface area contributed by atoms with Gasteiger partial charge in [-0.2, -0.15) is 0 Å². The summed E-state index contributed by atoms with van der Waals surface area (Å²) in [6.45, 7) is 6.86. The molecule has 3 heteroatoms. The Hall–Kier alpha value is -1.09. The van der Waals surface area contributed by atoms with Gasteiger partial charge >= 0.3 is 0 Å². The number of nitrogens with one attached hydrogen (secondary N) is 1. The average molecular weight is 208 g/mol. The summed E-state index contributed by atoms with van der Waals surface area (Å²) in [6.07, 6.45) is 4.03. The van der Waals surface area contributed by atoms with Crippen molar-refractivity contribution in [3.05, 3.63) is 23.9 Å². The van der Waals surface area contributed by atoms with Gasteiger partial charge in [0.25, 0.3) is 0 Å². The highest BCUT2D eigenvalue weighted by Gasteiger charge is 1.97. The van der Waals surface area contributed by atoms with Crippen LogP contribution < -0.4 is 10.1 Å². The standard InChI is InChI=1S/C12H20N2O/c1-3-5-8-15-12-9-11(6-7-14-12)10-13-4-2/h6-7,9,13H,3-5,8,10H2,1-2H3. The second-order valence-corrected chi connectivity index (χ2v) is 3.48. The average Bonchev–Trinajstić information content (AvgIpc) is 2.27. The fraction of sp³-hybridized carbons (Fsp3) is 0.583. The molecule has 0 aromatic carbocycles. The minimum absolute atomic E-state index is 0.735. The van der Waals surface area contributed by atoms with E-state index in [9.17, 15) is 0 Å². The van der Waals surface area contributed by atoms with Crippen molar-refractivity contribution in [2.45, 2.75) is 33.2 Å².